The van der Waals surface area contributed by atoms with Crippen LogP contribution >= 0.6 is 22.6 Å². The zero-order valence-corrected chi connectivity index (χ0v) is 12.1. The Labute approximate surface area is 113 Å². The lowest BCUT2D eigenvalue weighted by atomic mass is 10.3. The first-order valence-corrected chi connectivity index (χ1v) is 6.28. The van der Waals surface area contributed by atoms with Crippen molar-refractivity contribution in [1.29, 1.82) is 0 Å². The second kappa shape index (κ2) is 4.59. The first-order chi connectivity index (χ1) is 7.99. The monoisotopic (exact) mass is 344 g/mol. The number of hydrogen-bond donors (Lipinski definition) is 0. The minimum absolute atomic E-state index is 0.00282. The molecule has 0 unspecified atom stereocenters. The lowest BCUT2D eigenvalue weighted by Gasteiger charge is -2.06. The van der Waals surface area contributed by atoms with Crippen LogP contribution in [0.1, 0.15) is 17.1 Å². The van der Waals surface area contributed by atoms with Crippen molar-refractivity contribution in [3.63, 3.8) is 0 Å². The molecule has 0 N–H and O–H groups in total. The van der Waals surface area contributed by atoms with Crippen molar-refractivity contribution in [1.82, 2.24) is 19.3 Å². The summed E-state index contributed by atoms with van der Waals surface area (Å²) in [5.74, 6) is 0. The van der Waals surface area contributed by atoms with Crippen LogP contribution in [-0.2, 0) is 13.6 Å². The van der Waals surface area contributed by atoms with Gasteiger partial charge in [0.15, 0.2) is 0 Å². The number of aryl methyl sites for hydroxylation is 3. The van der Waals surface area contributed by atoms with Crippen LogP contribution in [0.3, 0.4) is 0 Å². The molecule has 2 aromatic heterocycles. The predicted octanol–water partition coefficient (Wildman–Crippen LogP) is 1.25. The molecule has 0 spiro atoms. The number of rotatable bonds is 2. The third-order valence-corrected chi connectivity index (χ3v) is 3.83. The Morgan fingerprint density at radius 1 is 1.41 bits per heavy atom. The van der Waals surface area contributed by atoms with E-state index in [-0.39, 0.29) is 5.56 Å². The Balaban J connectivity index is 2.41. The van der Waals surface area contributed by atoms with E-state index in [1.165, 1.54) is 0 Å². The van der Waals surface area contributed by atoms with Gasteiger partial charge in [-0.2, -0.15) is 5.10 Å². The normalized spacial score (nSPS) is 10.8. The maximum atomic E-state index is 12.0. The van der Waals surface area contributed by atoms with Gasteiger partial charge in [-0.3, -0.25) is 14.0 Å². The molecule has 2 rings (SSSR count). The molecular formula is C11H13IN4O. The highest BCUT2D eigenvalue weighted by molar-refractivity contribution is 14.1. The maximum Gasteiger partial charge on any atom is 0.267 e. The van der Waals surface area contributed by atoms with Crippen molar-refractivity contribution < 1.29 is 0 Å². The SMILES string of the molecule is Cc1cc(Cn2cnc(C)c(I)c2=O)n(C)n1. The van der Waals surface area contributed by atoms with Crippen LogP contribution < -0.4 is 5.56 Å². The van der Waals surface area contributed by atoms with Gasteiger partial charge in [0.1, 0.15) is 0 Å². The minimum atomic E-state index is -0.00282. The van der Waals surface area contributed by atoms with E-state index < -0.39 is 0 Å². The van der Waals surface area contributed by atoms with Crippen LogP contribution in [0, 0.1) is 17.4 Å². The number of nitrogens with zero attached hydrogens (tertiary/aromatic N) is 4. The lowest BCUT2D eigenvalue weighted by molar-refractivity contribution is 0.639. The first kappa shape index (κ1) is 12.3. The molecule has 17 heavy (non-hydrogen) atoms. The molecule has 0 saturated carbocycles. The van der Waals surface area contributed by atoms with E-state index in [1.807, 2.05) is 49.6 Å². The Morgan fingerprint density at radius 3 is 2.71 bits per heavy atom. The molecule has 0 fully saturated rings. The lowest BCUT2D eigenvalue weighted by Crippen LogP contribution is -2.25. The van der Waals surface area contributed by atoms with E-state index in [9.17, 15) is 4.79 Å². The zero-order valence-electron chi connectivity index (χ0n) is 9.94. The summed E-state index contributed by atoms with van der Waals surface area (Å²) in [4.78, 5) is 16.2. The summed E-state index contributed by atoms with van der Waals surface area (Å²) in [6.07, 6.45) is 1.59. The van der Waals surface area contributed by atoms with E-state index in [4.69, 9.17) is 0 Å². The van der Waals surface area contributed by atoms with Crippen molar-refractivity contribution in [2.24, 2.45) is 7.05 Å². The van der Waals surface area contributed by atoms with Gasteiger partial charge in [0.05, 0.1) is 33.5 Å². The number of halogens is 1. The minimum Gasteiger partial charge on any atom is -0.292 e. The molecule has 0 aliphatic rings. The van der Waals surface area contributed by atoms with Crippen LogP contribution in [-0.4, -0.2) is 19.3 Å². The fraction of sp³-hybridized carbons (Fsp3) is 0.364. The molecule has 0 amide bonds. The largest absolute Gasteiger partial charge is 0.292 e. The fourth-order valence-electron chi connectivity index (χ4n) is 1.65. The Hall–Kier alpha value is -1.18. The summed E-state index contributed by atoms with van der Waals surface area (Å²) in [7, 11) is 1.87. The molecule has 0 atom stereocenters. The van der Waals surface area contributed by atoms with Gasteiger partial charge in [0, 0.05) is 7.05 Å². The maximum absolute atomic E-state index is 12.0. The van der Waals surface area contributed by atoms with Gasteiger partial charge in [-0.05, 0) is 42.5 Å². The van der Waals surface area contributed by atoms with Crippen LogP contribution in [0.2, 0.25) is 0 Å². The molecule has 0 aliphatic carbocycles. The van der Waals surface area contributed by atoms with Crippen molar-refractivity contribution in [3.05, 3.63) is 43.4 Å². The molecule has 0 bridgehead atoms. The van der Waals surface area contributed by atoms with Gasteiger partial charge in [0.2, 0.25) is 0 Å². The molecule has 0 saturated heterocycles. The Morgan fingerprint density at radius 2 is 2.12 bits per heavy atom. The summed E-state index contributed by atoms with van der Waals surface area (Å²) in [5, 5.41) is 4.26. The summed E-state index contributed by atoms with van der Waals surface area (Å²) in [6.45, 7) is 4.27. The van der Waals surface area contributed by atoms with E-state index >= 15 is 0 Å². The highest BCUT2D eigenvalue weighted by Gasteiger charge is 2.08. The van der Waals surface area contributed by atoms with Crippen molar-refractivity contribution in [2.45, 2.75) is 20.4 Å². The van der Waals surface area contributed by atoms with Gasteiger partial charge < -0.3 is 0 Å². The third kappa shape index (κ3) is 2.41. The van der Waals surface area contributed by atoms with Crippen LogP contribution in [0.4, 0.5) is 0 Å². The molecule has 5 nitrogen and oxygen atoms in total. The van der Waals surface area contributed by atoms with E-state index in [0.717, 1.165) is 17.1 Å². The predicted molar refractivity (Wildman–Crippen MR) is 73.0 cm³/mol. The van der Waals surface area contributed by atoms with Gasteiger partial charge in [0.25, 0.3) is 5.56 Å². The zero-order chi connectivity index (χ0) is 12.6. The molecule has 6 heteroatoms. The molecule has 0 aliphatic heterocycles. The number of aromatic nitrogens is 4. The quantitative estimate of drug-likeness (QED) is 0.771. The Bertz CT molecular complexity index is 614. The third-order valence-electron chi connectivity index (χ3n) is 2.59. The van der Waals surface area contributed by atoms with E-state index in [0.29, 0.717) is 10.1 Å². The second-order valence-electron chi connectivity index (χ2n) is 3.98. The number of hydrogen-bond acceptors (Lipinski definition) is 3. The van der Waals surface area contributed by atoms with Crippen LogP contribution in [0.25, 0.3) is 0 Å². The van der Waals surface area contributed by atoms with Gasteiger partial charge in [-0.25, -0.2) is 4.98 Å². The second-order valence-corrected chi connectivity index (χ2v) is 5.06. The summed E-state index contributed by atoms with van der Waals surface area (Å²) < 4.78 is 4.06. The van der Waals surface area contributed by atoms with E-state index in [1.54, 1.807) is 15.6 Å². The highest BCUT2D eigenvalue weighted by Crippen LogP contribution is 2.05. The average Bonchev–Trinajstić information content (AvgIpc) is 2.58. The average molecular weight is 344 g/mol. The Kier molecular flexibility index (Phi) is 3.32. The smallest absolute Gasteiger partial charge is 0.267 e. The van der Waals surface area contributed by atoms with Gasteiger partial charge in [-0.15, -0.1) is 0 Å². The van der Waals surface area contributed by atoms with Crippen molar-refractivity contribution in [3.8, 4) is 0 Å². The first-order valence-electron chi connectivity index (χ1n) is 5.20. The summed E-state index contributed by atoms with van der Waals surface area (Å²) >= 11 is 2.03. The summed E-state index contributed by atoms with van der Waals surface area (Å²) in [6, 6.07) is 1.97. The van der Waals surface area contributed by atoms with Crippen molar-refractivity contribution in [2.75, 3.05) is 0 Å². The van der Waals surface area contributed by atoms with Crippen LogP contribution in [0.15, 0.2) is 17.2 Å². The standard InChI is InChI=1S/C11H13IN4O/c1-7-4-9(15(3)14-7)5-16-6-13-8(2)10(12)11(16)17/h4,6H,5H2,1-3H3. The topological polar surface area (TPSA) is 52.7 Å². The highest BCUT2D eigenvalue weighted by atomic mass is 127. The molecular weight excluding hydrogens is 331 g/mol. The van der Waals surface area contributed by atoms with Gasteiger partial charge in [-0.1, -0.05) is 0 Å². The van der Waals surface area contributed by atoms with Gasteiger partial charge >= 0.3 is 0 Å². The van der Waals surface area contributed by atoms with Crippen LogP contribution in [0.5, 0.6) is 0 Å². The summed E-state index contributed by atoms with van der Waals surface area (Å²) in [5.41, 5.74) is 2.71. The molecule has 2 aromatic rings. The molecule has 0 aromatic carbocycles. The molecule has 0 radical (unpaired) electrons. The fourth-order valence-corrected chi connectivity index (χ4v) is 2.09. The molecule has 90 valence electrons. The van der Waals surface area contributed by atoms with Crippen molar-refractivity contribution >= 4 is 22.6 Å². The van der Waals surface area contributed by atoms with E-state index in [2.05, 4.69) is 10.1 Å². The molecule has 2 heterocycles.